The highest BCUT2D eigenvalue weighted by Crippen LogP contribution is 2.38. The molecule has 2 aromatic rings. The maximum Gasteiger partial charge on any atom is 0.131 e. The molecule has 0 amide bonds. The van der Waals surface area contributed by atoms with Gasteiger partial charge in [-0.2, -0.15) is 0 Å². The molecule has 0 bridgehead atoms. The summed E-state index contributed by atoms with van der Waals surface area (Å²) < 4.78 is 34.3. The lowest BCUT2D eigenvalue weighted by atomic mass is 9.82. The van der Waals surface area contributed by atoms with Crippen molar-refractivity contribution >= 4 is 5.71 Å². The average molecular weight is 345 g/mol. The van der Waals surface area contributed by atoms with Crippen LogP contribution >= 0.6 is 0 Å². The van der Waals surface area contributed by atoms with Crippen molar-refractivity contribution in [1.82, 2.24) is 0 Å². The van der Waals surface area contributed by atoms with Gasteiger partial charge in [0.25, 0.3) is 0 Å². The van der Waals surface area contributed by atoms with Crippen LogP contribution in [0.1, 0.15) is 37.0 Å². The number of hydrogen-bond donors (Lipinski definition) is 0. The van der Waals surface area contributed by atoms with Gasteiger partial charge in [0.2, 0.25) is 0 Å². The van der Waals surface area contributed by atoms with E-state index in [2.05, 4.69) is 5.16 Å². The van der Waals surface area contributed by atoms with Crippen LogP contribution in [0.4, 0.5) is 8.78 Å². The molecular formula is C20H21F2NO2. The number of halogens is 2. The first-order valence-corrected chi connectivity index (χ1v) is 8.41. The Kier molecular flexibility index (Phi) is 5.43. The standard InChI is InChI=1S/C20H21F2NO2/c1-3-14-12-15(19(23-25-14)13-8-5-4-6-9-13)20(24-2)18-16(21)10-7-11-17(18)22/h4-11,14-15,20H,3,12H2,1-2H3. The van der Waals surface area contributed by atoms with Crippen LogP contribution < -0.4 is 0 Å². The zero-order valence-electron chi connectivity index (χ0n) is 14.3. The fourth-order valence-electron chi connectivity index (χ4n) is 3.29. The van der Waals surface area contributed by atoms with Crippen LogP contribution in [0.25, 0.3) is 0 Å². The molecule has 1 aliphatic heterocycles. The second-order valence-corrected chi connectivity index (χ2v) is 6.11. The number of hydrogen-bond acceptors (Lipinski definition) is 3. The number of rotatable bonds is 5. The van der Waals surface area contributed by atoms with Crippen molar-refractivity contribution in [3.63, 3.8) is 0 Å². The summed E-state index contributed by atoms with van der Waals surface area (Å²) in [6, 6.07) is 13.4. The van der Waals surface area contributed by atoms with E-state index in [4.69, 9.17) is 9.57 Å². The van der Waals surface area contributed by atoms with Crippen molar-refractivity contribution in [2.75, 3.05) is 7.11 Å². The monoisotopic (exact) mass is 345 g/mol. The van der Waals surface area contributed by atoms with Gasteiger partial charge in [-0.25, -0.2) is 8.78 Å². The molecule has 0 saturated carbocycles. The fraction of sp³-hybridized carbons (Fsp3) is 0.350. The van der Waals surface area contributed by atoms with E-state index in [-0.39, 0.29) is 17.6 Å². The minimum Gasteiger partial charge on any atom is -0.392 e. The normalized spacial score (nSPS) is 21.4. The Labute approximate surface area is 146 Å². The first-order chi connectivity index (χ1) is 12.2. The molecule has 1 heterocycles. The molecule has 0 aromatic heterocycles. The maximum absolute atomic E-state index is 14.4. The average Bonchev–Trinajstić information content (AvgIpc) is 2.65. The molecule has 0 saturated heterocycles. The summed E-state index contributed by atoms with van der Waals surface area (Å²) >= 11 is 0. The van der Waals surface area contributed by atoms with Crippen molar-refractivity contribution < 1.29 is 18.4 Å². The molecule has 0 fully saturated rings. The van der Waals surface area contributed by atoms with Gasteiger partial charge in [0.05, 0.1) is 17.4 Å². The van der Waals surface area contributed by atoms with Gasteiger partial charge >= 0.3 is 0 Å². The number of oxime groups is 1. The number of methoxy groups -OCH3 is 1. The van der Waals surface area contributed by atoms with E-state index in [1.807, 2.05) is 37.3 Å². The summed E-state index contributed by atoms with van der Waals surface area (Å²) in [4.78, 5) is 5.56. The minimum absolute atomic E-state index is 0.0598. The Hall–Kier alpha value is -2.27. The molecule has 0 radical (unpaired) electrons. The predicted octanol–water partition coefficient (Wildman–Crippen LogP) is 4.87. The third kappa shape index (κ3) is 3.56. The fourth-order valence-corrected chi connectivity index (χ4v) is 3.29. The quantitative estimate of drug-likeness (QED) is 0.774. The van der Waals surface area contributed by atoms with Gasteiger partial charge in [-0.15, -0.1) is 0 Å². The summed E-state index contributed by atoms with van der Waals surface area (Å²) in [5, 5.41) is 4.28. The Bertz CT molecular complexity index is 728. The minimum atomic E-state index is -0.780. The summed E-state index contributed by atoms with van der Waals surface area (Å²) in [5.74, 6) is -1.53. The van der Waals surface area contributed by atoms with E-state index in [1.165, 1.54) is 25.3 Å². The lowest BCUT2D eigenvalue weighted by molar-refractivity contribution is -0.00773. The summed E-state index contributed by atoms with van der Waals surface area (Å²) in [7, 11) is 1.47. The third-order valence-corrected chi connectivity index (χ3v) is 4.60. The second-order valence-electron chi connectivity index (χ2n) is 6.11. The molecule has 2 aromatic carbocycles. The van der Waals surface area contributed by atoms with Crippen molar-refractivity contribution in [2.24, 2.45) is 11.1 Å². The van der Waals surface area contributed by atoms with E-state index >= 15 is 0 Å². The van der Waals surface area contributed by atoms with E-state index in [9.17, 15) is 8.78 Å². The van der Waals surface area contributed by atoms with Crippen molar-refractivity contribution in [3.8, 4) is 0 Å². The lowest BCUT2D eigenvalue weighted by Gasteiger charge is -2.33. The van der Waals surface area contributed by atoms with Crippen molar-refractivity contribution in [3.05, 3.63) is 71.3 Å². The van der Waals surface area contributed by atoms with E-state index in [1.54, 1.807) is 0 Å². The van der Waals surface area contributed by atoms with Crippen LogP contribution in [0.15, 0.2) is 53.7 Å². The topological polar surface area (TPSA) is 30.8 Å². The molecule has 5 heteroatoms. The molecule has 25 heavy (non-hydrogen) atoms. The highest BCUT2D eigenvalue weighted by atomic mass is 19.1. The third-order valence-electron chi connectivity index (χ3n) is 4.60. The zero-order chi connectivity index (χ0) is 17.8. The summed E-state index contributed by atoms with van der Waals surface area (Å²) in [5.41, 5.74) is 1.45. The van der Waals surface area contributed by atoms with E-state index in [0.717, 1.165) is 12.0 Å². The van der Waals surface area contributed by atoms with Crippen molar-refractivity contribution in [1.29, 1.82) is 0 Å². The van der Waals surface area contributed by atoms with Crippen LogP contribution in [0.3, 0.4) is 0 Å². The van der Waals surface area contributed by atoms with Crippen molar-refractivity contribution in [2.45, 2.75) is 32.0 Å². The highest BCUT2D eigenvalue weighted by Gasteiger charge is 2.37. The molecule has 0 aliphatic carbocycles. The van der Waals surface area contributed by atoms with Gasteiger partial charge in [0.15, 0.2) is 0 Å². The first-order valence-electron chi connectivity index (χ1n) is 8.41. The smallest absolute Gasteiger partial charge is 0.131 e. The molecule has 1 aliphatic rings. The van der Waals surface area contributed by atoms with E-state index in [0.29, 0.717) is 12.1 Å². The molecule has 3 nitrogen and oxygen atoms in total. The zero-order valence-corrected chi connectivity index (χ0v) is 14.3. The van der Waals surface area contributed by atoms with Crippen LogP contribution in [0, 0.1) is 17.6 Å². The molecular weight excluding hydrogens is 324 g/mol. The Morgan fingerprint density at radius 3 is 2.40 bits per heavy atom. The molecule has 0 N–H and O–H groups in total. The Balaban J connectivity index is 2.06. The number of nitrogens with zero attached hydrogens (tertiary/aromatic N) is 1. The number of ether oxygens (including phenoxy) is 1. The van der Waals surface area contributed by atoms with E-state index < -0.39 is 17.7 Å². The van der Waals surface area contributed by atoms with Gasteiger partial charge in [-0.3, -0.25) is 0 Å². The molecule has 0 spiro atoms. The Morgan fingerprint density at radius 2 is 1.80 bits per heavy atom. The highest BCUT2D eigenvalue weighted by molar-refractivity contribution is 6.02. The molecule has 3 atom stereocenters. The molecule has 3 rings (SSSR count). The largest absolute Gasteiger partial charge is 0.392 e. The van der Waals surface area contributed by atoms with Gasteiger partial charge in [-0.1, -0.05) is 48.5 Å². The maximum atomic E-state index is 14.4. The first kappa shape index (κ1) is 17.5. The van der Waals surface area contributed by atoms with Crippen LogP contribution in [-0.2, 0) is 9.57 Å². The lowest BCUT2D eigenvalue weighted by Crippen LogP contribution is -2.34. The van der Waals surface area contributed by atoms with Crippen LogP contribution in [-0.4, -0.2) is 18.9 Å². The predicted molar refractivity (Wildman–Crippen MR) is 92.4 cm³/mol. The van der Waals surface area contributed by atoms with Gasteiger partial charge < -0.3 is 9.57 Å². The van der Waals surface area contributed by atoms with Gasteiger partial charge in [0, 0.05) is 13.0 Å². The van der Waals surface area contributed by atoms with Gasteiger partial charge in [-0.05, 0) is 30.5 Å². The Morgan fingerprint density at radius 1 is 1.12 bits per heavy atom. The second kappa shape index (κ2) is 7.74. The summed E-state index contributed by atoms with van der Waals surface area (Å²) in [6.07, 6.45) is 0.456. The summed E-state index contributed by atoms with van der Waals surface area (Å²) in [6.45, 7) is 2.00. The SMILES string of the molecule is CCC1CC(C(OC)c2c(F)cccc2F)C(c2ccccc2)=NO1. The molecule has 132 valence electrons. The van der Waals surface area contributed by atoms with Crippen LogP contribution in [0.2, 0.25) is 0 Å². The molecule has 3 unspecified atom stereocenters. The van der Waals surface area contributed by atoms with Crippen LogP contribution in [0.5, 0.6) is 0 Å². The van der Waals surface area contributed by atoms with Gasteiger partial charge in [0.1, 0.15) is 17.7 Å². The number of benzene rings is 2.